The van der Waals surface area contributed by atoms with E-state index in [1.807, 2.05) is 32.9 Å². The van der Waals surface area contributed by atoms with Gasteiger partial charge in [0.1, 0.15) is 5.69 Å². The molecule has 6 heteroatoms. The number of nitrogens with zero attached hydrogens (tertiary/aromatic N) is 2. The second-order valence-electron chi connectivity index (χ2n) is 5.54. The van der Waals surface area contributed by atoms with Crippen molar-refractivity contribution in [3.05, 3.63) is 45.7 Å². The van der Waals surface area contributed by atoms with E-state index in [2.05, 4.69) is 27.5 Å². The smallest absolute Gasteiger partial charge is 0.274 e. The molecule has 0 atom stereocenters. The van der Waals surface area contributed by atoms with E-state index in [4.69, 9.17) is 11.6 Å². The molecular formula is C17H21ClN4O. The number of rotatable bonds is 5. The van der Waals surface area contributed by atoms with Crippen molar-refractivity contribution in [1.82, 2.24) is 9.97 Å². The van der Waals surface area contributed by atoms with E-state index < -0.39 is 0 Å². The maximum absolute atomic E-state index is 12.5. The van der Waals surface area contributed by atoms with Gasteiger partial charge in [-0.25, -0.2) is 9.97 Å². The molecule has 2 aromatic rings. The molecule has 0 fully saturated rings. The Morgan fingerprint density at radius 3 is 2.57 bits per heavy atom. The number of anilines is 2. The van der Waals surface area contributed by atoms with E-state index in [0.717, 1.165) is 29.8 Å². The van der Waals surface area contributed by atoms with Gasteiger partial charge in [-0.05, 0) is 50.5 Å². The Balaban J connectivity index is 2.26. The van der Waals surface area contributed by atoms with Crippen LogP contribution in [0.3, 0.4) is 0 Å². The number of hydrogen-bond acceptors (Lipinski definition) is 4. The van der Waals surface area contributed by atoms with Crippen LogP contribution in [-0.4, -0.2) is 22.4 Å². The van der Waals surface area contributed by atoms with Gasteiger partial charge in [0.05, 0.1) is 10.7 Å². The van der Waals surface area contributed by atoms with Gasteiger partial charge < -0.3 is 10.6 Å². The van der Waals surface area contributed by atoms with Crippen molar-refractivity contribution in [3.8, 4) is 0 Å². The molecule has 1 aromatic heterocycles. The third-order valence-electron chi connectivity index (χ3n) is 3.29. The molecule has 1 aromatic carbocycles. The predicted octanol–water partition coefficient (Wildman–Crippen LogP) is 4.13. The summed E-state index contributed by atoms with van der Waals surface area (Å²) in [6.07, 6.45) is 0.955. The molecule has 0 unspecified atom stereocenters. The summed E-state index contributed by atoms with van der Waals surface area (Å²) in [7, 11) is 0. The Labute approximate surface area is 141 Å². The normalized spacial score (nSPS) is 10.5. The van der Waals surface area contributed by atoms with Crippen molar-refractivity contribution in [3.63, 3.8) is 0 Å². The Kier molecular flexibility index (Phi) is 5.55. The molecule has 0 radical (unpaired) electrons. The molecule has 0 aliphatic carbocycles. The largest absolute Gasteiger partial charge is 0.354 e. The van der Waals surface area contributed by atoms with Gasteiger partial charge in [0.15, 0.2) is 0 Å². The van der Waals surface area contributed by atoms with E-state index in [1.54, 1.807) is 6.07 Å². The molecule has 1 amide bonds. The van der Waals surface area contributed by atoms with Gasteiger partial charge in [0.25, 0.3) is 5.91 Å². The lowest BCUT2D eigenvalue weighted by Gasteiger charge is -2.12. The van der Waals surface area contributed by atoms with Crippen molar-refractivity contribution in [1.29, 1.82) is 0 Å². The number of amides is 1. The molecular weight excluding hydrogens is 312 g/mol. The SMILES string of the molecule is CCCNc1nc(C)cc(C(=O)Nc2c(C)cc(C)cc2Cl)n1. The van der Waals surface area contributed by atoms with Crippen molar-refractivity contribution in [2.75, 3.05) is 17.2 Å². The standard InChI is InChI=1S/C17H21ClN4O/c1-5-6-19-17-20-12(4)9-14(21-17)16(23)22-15-11(3)7-10(2)8-13(15)18/h7-9H,5-6H2,1-4H3,(H,22,23)(H,19,20,21). The van der Waals surface area contributed by atoms with Crippen molar-refractivity contribution < 1.29 is 4.79 Å². The molecule has 23 heavy (non-hydrogen) atoms. The number of aryl methyl sites for hydroxylation is 3. The number of carbonyl (C=O) groups is 1. The highest BCUT2D eigenvalue weighted by atomic mass is 35.5. The first-order chi connectivity index (χ1) is 10.9. The molecule has 0 aliphatic rings. The molecule has 1 heterocycles. The summed E-state index contributed by atoms with van der Waals surface area (Å²) in [5.74, 6) is 0.160. The Hall–Kier alpha value is -2.14. The van der Waals surface area contributed by atoms with Crippen LogP contribution in [0.1, 0.15) is 40.7 Å². The zero-order valence-corrected chi connectivity index (χ0v) is 14.6. The van der Waals surface area contributed by atoms with Crippen LogP contribution in [0.5, 0.6) is 0 Å². The fourth-order valence-electron chi connectivity index (χ4n) is 2.25. The number of aromatic nitrogens is 2. The summed E-state index contributed by atoms with van der Waals surface area (Å²) >= 11 is 6.24. The molecule has 0 saturated carbocycles. The lowest BCUT2D eigenvalue weighted by Crippen LogP contribution is -2.17. The quantitative estimate of drug-likeness (QED) is 0.864. The van der Waals surface area contributed by atoms with Crippen LogP contribution in [0, 0.1) is 20.8 Å². The van der Waals surface area contributed by atoms with Gasteiger partial charge in [-0.15, -0.1) is 0 Å². The van der Waals surface area contributed by atoms with E-state index in [-0.39, 0.29) is 5.91 Å². The summed E-state index contributed by atoms with van der Waals surface area (Å²) in [6, 6.07) is 5.45. The summed E-state index contributed by atoms with van der Waals surface area (Å²) in [5, 5.41) is 6.46. The summed E-state index contributed by atoms with van der Waals surface area (Å²) in [5.41, 5.74) is 3.62. The van der Waals surface area contributed by atoms with Crippen LogP contribution in [0.25, 0.3) is 0 Å². The Bertz CT molecular complexity index is 708. The monoisotopic (exact) mass is 332 g/mol. The molecule has 2 N–H and O–H groups in total. The molecule has 0 saturated heterocycles. The zero-order chi connectivity index (χ0) is 17.0. The summed E-state index contributed by atoms with van der Waals surface area (Å²) in [4.78, 5) is 21.0. The first-order valence-corrected chi connectivity index (χ1v) is 7.96. The van der Waals surface area contributed by atoms with Crippen LogP contribution < -0.4 is 10.6 Å². The van der Waals surface area contributed by atoms with Gasteiger partial charge in [-0.2, -0.15) is 0 Å². The Morgan fingerprint density at radius 1 is 1.17 bits per heavy atom. The third kappa shape index (κ3) is 4.42. The minimum atomic E-state index is -0.302. The average Bonchev–Trinajstić information content (AvgIpc) is 2.48. The fraction of sp³-hybridized carbons (Fsp3) is 0.353. The number of halogens is 1. The Morgan fingerprint density at radius 2 is 1.91 bits per heavy atom. The number of benzene rings is 1. The lowest BCUT2D eigenvalue weighted by molar-refractivity contribution is 0.102. The number of carbonyl (C=O) groups excluding carboxylic acids is 1. The highest BCUT2D eigenvalue weighted by Gasteiger charge is 2.14. The molecule has 0 bridgehead atoms. The van der Waals surface area contributed by atoms with Crippen molar-refractivity contribution in [2.24, 2.45) is 0 Å². The van der Waals surface area contributed by atoms with Crippen LogP contribution in [0.15, 0.2) is 18.2 Å². The van der Waals surface area contributed by atoms with E-state index in [9.17, 15) is 4.79 Å². The summed E-state index contributed by atoms with van der Waals surface area (Å²) < 4.78 is 0. The second kappa shape index (κ2) is 7.42. The fourth-order valence-corrected chi connectivity index (χ4v) is 2.62. The van der Waals surface area contributed by atoms with E-state index in [0.29, 0.717) is 22.4 Å². The molecule has 122 valence electrons. The lowest BCUT2D eigenvalue weighted by atomic mass is 10.1. The minimum absolute atomic E-state index is 0.302. The van der Waals surface area contributed by atoms with E-state index in [1.165, 1.54) is 0 Å². The summed E-state index contributed by atoms with van der Waals surface area (Å²) in [6.45, 7) is 8.52. The van der Waals surface area contributed by atoms with Gasteiger partial charge in [-0.3, -0.25) is 4.79 Å². The first-order valence-electron chi connectivity index (χ1n) is 7.58. The van der Waals surface area contributed by atoms with E-state index >= 15 is 0 Å². The van der Waals surface area contributed by atoms with Crippen LogP contribution in [0.4, 0.5) is 11.6 Å². The maximum Gasteiger partial charge on any atom is 0.274 e. The van der Waals surface area contributed by atoms with Crippen molar-refractivity contribution >= 4 is 29.1 Å². The first kappa shape index (κ1) is 17.2. The average molecular weight is 333 g/mol. The maximum atomic E-state index is 12.5. The van der Waals surface area contributed by atoms with Crippen molar-refractivity contribution in [2.45, 2.75) is 34.1 Å². The van der Waals surface area contributed by atoms with Gasteiger partial charge >= 0.3 is 0 Å². The predicted molar refractivity (Wildman–Crippen MR) is 94.4 cm³/mol. The highest BCUT2D eigenvalue weighted by Crippen LogP contribution is 2.27. The second-order valence-corrected chi connectivity index (χ2v) is 5.94. The topological polar surface area (TPSA) is 66.9 Å². The highest BCUT2D eigenvalue weighted by molar-refractivity contribution is 6.34. The minimum Gasteiger partial charge on any atom is -0.354 e. The van der Waals surface area contributed by atoms with Crippen LogP contribution in [-0.2, 0) is 0 Å². The van der Waals surface area contributed by atoms with Crippen LogP contribution >= 0.6 is 11.6 Å². The van der Waals surface area contributed by atoms with Gasteiger partial charge in [0, 0.05) is 12.2 Å². The number of nitrogens with one attached hydrogen (secondary N) is 2. The zero-order valence-electron chi connectivity index (χ0n) is 13.8. The number of hydrogen-bond donors (Lipinski definition) is 2. The van der Waals surface area contributed by atoms with Crippen LogP contribution in [0.2, 0.25) is 5.02 Å². The molecule has 5 nitrogen and oxygen atoms in total. The molecule has 0 spiro atoms. The van der Waals surface area contributed by atoms with Gasteiger partial charge in [-0.1, -0.05) is 24.6 Å². The molecule has 2 rings (SSSR count). The molecule has 0 aliphatic heterocycles. The van der Waals surface area contributed by atoms with Gasteiger partial charge in [0.2, 0.25) is 5.95 Å². The third-order valence-corrected chi connectivity index (χ3v) is 3.59.